The van der Waals surface area contributed by atoms with Crippen molar-refractivity contribution in [3.63, 3.8) is 0 Å². The Morgan fingerprint density at radius 2 is 0.917 bits per heavy atom. The molecule has 1 aliphatic carbocycles. The molecule has 0 atom stereocenters. The van der Waals surface area contributed by atoms with Crippen molar-refractivity contribution in [1.29, 1.82) is 0 Å². The van der Waals surface area contributed by atoms with Crippen molar-refractivity contribution in [1.82, 2.24) is 0 Å². The van der Waals surface area contributed by atoms with Crippen LogP contribution in [0.5, 0.6) is 5.75 Å². The maximum absolute atomic E-state index is 14.2. The van der Waals surface area contributed by atoms with E-state index in [0.29, 0.717) is 0 Å². The number of Topliss-reactive ketones (excluding diaryl/α,β-unsaturated/α-hetero) is 1. The molecule has 178 valence electrons. The molecule has 4 aromatic carbocycles. The van der Waals surface area contributed by atoms with Gasteiger partial charge in [-0.1, -0.05) is 123 Å². The van der Waals surface area contributed by atoms with E-state index in [2.05, 4.69) is 31.2 Å². The third kappa shape index (κ3) is 4.81. The van der Waals surface area contributed by atoms with Crippen LogP contribution in [0.4, 0.5) is 0 Å². The Morgan fingerprint density at radius 1 is 0.500 bits per heavy atom. The van der Waals surface area contributed by atoms with Gasteiger partial charge in [-0.05, 0) is 40.8 Å². The first kappa shape index (κ1) is 23.6. The van der Waals surface area contributed by atoms with Crippen LogP contribution in [0.2, 0.25) is 0 Å². The summed E-state index contributed by atoms with van der Waals surface area (Å²) >= 11 is 0. The van der Waals surface area contributed by atoms with Crippen LogP contribution >= 0.6 is 0 Å². The van der Waals surface area contributed by atoms with Gasteiger partial charge in [0.15, 0.2) is 5.78 Å². The van der Waals surface area contributed by atoms with Crippen molar-refractivity contribution in [2.75, 3.05) is 6.61 Å². The molecule has 0 fully saturated rings. The molecule has 0 aliphatic heterocycles. The van der Waals surface area contributed by atoms with Crippen molar-refractivity contribution in [2.24, 2.45) is 0 Å². The molecule has 0 spiro atoms. The lowest BCUT2D eigenvalue weighted by Crippen LogP contribution is -2.01. The highest BCUT2D eigenvalue weighted by Gasteiger charge is 2.35. The first-order valence-corrected chi connectivity index (χ1v) is 12.7. The third-order valence-corrected chi connectivity index (χ3v) is 6.55. The van der Waals surface area contributed by atoms with Gasteiger partial charge >= 0.3 is 0 Å². The van der Waals surface area contributed by atoms with Gasteiger partial charge in [0.1, 0.15) is 5.75 Å². The second-order valence-electron chi connectivity index (χ2n) is 9.01. The number of rotatable bonds is 9. The molecule has 0 saturated carbocycles. The molecular formula is C34H30O2. The third-order valence-electron chi connectivity index (χ3n) is 6.55. The van der Waals surface area contributed by atoms with Crippen molar-refractivity contribution in [3.05, 3.63) is 138 Å². The van der Waals surface area contributed by atoms with Crippen LogP contribution in [-0.2, 0) is 4.79 Å². The molecule has 0 saturated heterocycles. The maximum Gasteiger partial charge on any atom is 0.195 e. The molecule has 0 unspecified atom stereocenters. The minimum absolute atomic E-state index is 0.0566. The van der Waals surface area contributed by atoms with Gasteiger partial charge < -0.3 is 4.74 Å². The second kappa shape index (κ2) is 11.0. The summed E-state index contributed by atoms with van der Waals surface area (Å²) in [5, 5.41) is 0. The molecule has 0 amide bonds. The van der Waals surface area contributed by atoms with E-state index in [1.165, 1.54) is 12.8 Å². The summed E-state index contributed by atoms with van der Waals surface area (Å²) < 4.78 is 5.97. The van der Waals surface area contributed by atoms with Crippen molar-refractivity contribution in [2.45, 2.75) is 26.2 Å². The topological polar surface area (TPSA) is 26.3 Å². The lowest BCUT2D eigenvalue weighted by molar-refractivity contribution is -0.108. The Kier molecular flexibility index (Phi) is 7.23. The van der Waals surface area contributed by atoms with E-state index < -0.39 is 0 Å². The Hall–Kier alpha value is -4.17. The summed E-state index contributed by atoms with van der Waals surface area (Å²) in [7, 11) is 0. The number of carbonyl (C=O) groups excluding carboxylic acids is 1. The molecule has 0 bridgehead atoms. The maximum atomic E-state index is 14.2. The second-order valence-corrected chi connectivity index (χ2v) is 9.01. The predicted molar refractivity (Wildman–Crippen MR) is 149 cm³/mol. The van der Waals surface area contributed by atoms with Crippen LogP contribution in [-0.4, -0.2) is 12.4 Å². The van der Waals surface area contributed by atoms with Crippen LogP contribution in [0.15, 0.2) is 115 Å². The Morgan fingerprint density at radius 3 is 1.36 bits per heavy atom. The summed E-state index contributed by atoms with van der Waals surface area (Å²) in [6.07, 6.45) is 3.39. The van der Waals surface area contributed by atoms with Gasteiger partial charge in [-0.25, -0.2) is 0 Å². The van der Waals surface area contributed by atoms with Crippen LogP contribution < -0.4 is 4.74 Å². The van der Waals surface area contributed by atoms with Crippen molar-refractivity contribution >= 4 is 28.1 Å². The minimum atomic E-state index is 0.0566. The van der Waals surface area contributed by atoms with Gasteiger partial charge in [-0.2, -0.15) is 0 Å². The zero-order valence-corrected chi connectivity index (χ0v) is 20.6. The molecule has 4 aromatic rings. The SMILES string of the molecule is CCCCCOc1ccc(C2=C(c3ccccc3)C(=O)C(c3ccccc3)=C2c2ccccc2)cc1. The molecule has 0 heterocycles. The number of allylic oxidation sites excluding steroid dienone is 4. The molecule has 2 nitrogen and oxygen atoms in total. The smallest absolute Gasteiger partial charge is 0.195 e. The fraction of sp³-hybridized carbons (Fsp3) is 0.147. The molecule has 2 heteroatoms. The predicted octanol–water partition coefficient (Wildman–Crippen LogP) is 8.36. The first-order chi connectivity index (χ1) is 17.8. The molecule has 1 aliphatic rings. The van der Waals surface area contributed by atoms with E-state index in [-0.39, 0.29) is 5.78 Å². The Labute approximate surface area is 213 Å². The van der Waals surface area contributed by atoms with Gasteiger partial charge in [0, 0.05) is 22.3 Å². The van der Waals surface area contributed by atoms with Crippen LogP contribution in [0, 0.1) is 0 Å². The van der Waals surface area contributed by atoms with Gasteiger partial charge in [0.25, 0.3) is 0 Å². The Balaban J connectivity index is 1.68. The normalized spacial score (nSPS) is 13.4. The molecule has 0 aromatic heterocycles. The van der Waals surface area contributed by atoms with E-state index in [9.17, 15) is 4.79 Å². The summed E-state index contributed by atoms with van der Waals surface area (Å²) in [5.74, 6) is 0.913. The lowest BCUT2D eigenvalue weighted by atomic mass is 9.89. The number of hydrogen-bond acceptors (Lipinski definition) is 2. The summed E-state index contributed by atoms with van der Waals surface area (Å²) in [6, 6.07) is 38.5. The quantitative estimate of drug-likeness (QED) is 0.230. The average molecular weight is 471 g/mol. The number of hydrogen-bond donors (Lipinski definition) is 0. The van der Waals surface area contributed by atoms with E-state index in [0.717, 1.165) is 63.3 Å². The number of carbonyl (C=O) groups is 1. The summed E-state index contributed by atoms with van der Waals surface area (Å²) in [5.41, 5.74) is 7.33. The number of ether oxygens (including phenoxy) is 1. The Bertz CT molecular complexity index is 1380. The first-order valence-electron chi connectivity index (χ1n) is 12.7. The molecule has 36 heavy (non-hydrogen) atoms. The molecule has 0 N–H and O–H groups in total. The monoisotopic (exact) mass is 470 g/mol. The van der Waals surface area contributed by atoms with Crippen LogP contribution in [0.25, 0.3) is 22.3 Å². The van der Waals surface area contributed by atoms with Crippen molar-refractivity contribution in [3.8, 4) is 5.75 Å². The van der Waals surface area contributed by atoms with Gasteiger partial charge in [-0.15, -0.1) is 0 Å². The number of unbranched alkanes of at least 4 members (excludes halogenated alkanes) is 2. The van der Waals surface area contributed by atoms with E-state index in [1.807, 2.05) is 91.0 Å². The lowest BCUT2D eigenvalue weighted by Gasteiger charge is -2.14. The standard InChI is InChI=1S/C34H30O2/c1-2-3-13-24-36-29-22-20-28(21-23-29)31-30(25-14-7-4-8-15-25)32(26-16-9-5-10-17-26)34(35)33(31)27-18-11-6-12-19-27/h4-12,14-23H,2-3,13,24H2,1H3. The van der Waals surface area contributed by atoms with Gasteiger partial charge in [0.05, 0.1) is 6.61 Å². The highest BCUT2D eigenvalue weighted by Crippen LogP contribution is 2.49. The van der Waals surface area contributed by atoms with E-state index in [1.54, 1.807) is 0 Å². The highest BCUT2D eigenvalue weighted by molar-refractivity contribution is 6.59. The van der Waals surface area contributed by atoms with Gasteiger partial charge in [-0.3, -0.25) is 4.79 Å². The number of benzene rings is 4. The van der Waals surface area contributed by atoms with E-state index in [4.69, 9.17) is 4.74 Å². The van der Waals surface area contributed by atoms with Crippen LogP contribution in [0.1, 0.15) is 48.4 Å². The van der Waals surface area contributed by atoms with Crippen LogP contribution in [0.3, 0.4) is 0 Å². The molecule has 5 rings (SSSR count). The summed E-state index contributed by atoms with van der Waals surface area (Å²) in [4.78, 5) is 14.2. The fourth-order valence-corrected chi connectivity index (χ4v) is 4.80. The summed E-state index contributed by atoms with van der Waals surface area (Å²) in [6.45, 7) is 2.91. The van der Waals surface area contributed by atoms with E-state index >= 15 is 0 Å². The zero-order chi connectivity index (χ0) is 24.7. The highest BCUT2D eigenvalue weighted by atomic mass is 16.5. The number of ketones is 1. The average Bonchev–Trinajstić information content (AvgIpc) is 3.25. The molecular weight excluding hydrogens is 440 g/mol. The fourth-order valence-electron chi connectivity index (χ4n) is 4.80. The largest absolute Gasteiger partial charge is 0.494 e. The minimum Gasteiger partial charge on any atom is -0.494 e. The van der Waals surface area contributed by atoms with Crippen molar-refractivity contribution < 1.29 is 9.53 Å². The zero-order valence-electron chi connectivity index (χ0n) is 20.6. The van der Waals surface area contributed by atoms with Gasteiger partial charge in [0.2, 0.25) is 0 Å². The molecule has 0 radical (unpaired) electrons.